The first-order valence-electron chi connectivity index (χ1n) is 11.5. The number of aromatic nitrogens is 6. The Bertz CT molecular complexity index is 1480. The third kappa shape index (κ3) is 5.78. The van der Waals surface area contributed by atoms with Crippen LogP contribution in [0.5, 0.6) is 0 Å². The van der Waals surface area contributed by atoms with Gasteiger partial charge >= 0.3 is 0 Å². The van der Waals surface area contributed by atoms with Crippen LogP contribution in [0.4, 0.5) is 5.69 Å². The summed E-state index contributed by atoms with van der Waals surface area (Å²) < 4.78 is 7.41. The molecule has 0 aliphatic carbocycles. The third-order valence-electron chi connectivity index (χ3n) is 5.56. The molecular weight excluding hydrogens is 496 g/mol. The minimum absolute atomic E-state index is 0.117. The predicted octanol–water partition coefficient (Wildman–Crippen LogP) is 3.92. The van der Waals surface area contributed by atoms with Gasteiger partial charge in [-0.2, -0.15) is 4.68 Å². The van der Waals surface area contributed by atoms with Crippen molar-refractivity contribution in [1.82, 2.24) is 35.7 Å². The highest BCUT2D eigenvalue weighted by molar-refractivity contribution is 6.30. The summed E-state index contributed by atoms with van der Waals surface area (Å²) in [4.78, 5) is 25.2. The zero-order valence-corrected chi connectivity index (χ0v) is 20.2. The highest BCUT2D eigenvalue weighted by Crippen LogP contribution is 2.29. The highest BCUT2D eigenvalue weighted by Gasteiger charge is 2.22. The molecule has 1 atom stereocenters. The monoisotopic (exact) mass is 516 g/mol. The molecule has 0 radical (unpaired) electrons. The normalized spacial score (nSPS) is 16.7. The van der Waals surface area contributed by atoms with Gasteiger partial charge in [-0.25, -0.2) is 0 Å². The zero-order valence-electron chi connectivity index (χ0n) is 19.4. The van der Waals surface area contributed by atoms with E-state index in [-0.39, 0.29) is 23.6 Å². The maximum atomic E-state index is 12.9. The molecular formula is C25H21ClN8O3. The molecule has 0 fully saturated rings. The van der Waals surface area contributed by atoms with E-state index in [9.17, 15) is 9.59 Å². The lowest BCUT2D eigenvalue weighted by molar-refractivity contribution is -0.117. The van der Waals surface area contributed by atoms with Gasteiger partial charge in [-0.05, 0) is 59.7 Å². The van der Waals surface area contributed by atoms with Crippen LogP contribution < -0.4 is 10.6 Å². The number of carbonyl (C=O) groups excluding carboxylic acids is 2. The van der Waals surface area contributed by atoms with Gasteiger partial charge in [0.05, 0.1) is 16.9 Å². The van der Waals surface area contributed by atoms with E-state index in [4.69, 9.17) is 16.0 Å². The summed E-state index contributed by atoms with van der Waals surface area (Å²) in [5.74, 6) is 0.00308. The Labute approximate surface area is 216 Å². The second kappa shape index (κ2) is 11.0. The highest BCUT2D eigenvalue weighted by atomic mass is 35.5. The molecule has 2 bridgehead atoms. The number of tetrazole rings is 1. The van der Waals surface area contributed by atoms with Gasteiger partial charge in [0.1, 0.15) is 12.4 Å². The molecule has 11 nitrogen and oxygen atoms in total. The Kier molecular flexibility index (Phi) is 7.13. The van der Waals surface area contributed by atoms with Crippen molar-refractivity contribution in [2.24, 2.45) is 0 Å². The molecule has 1 aliphatic heterocycles. The molecule has 2 amide bonds. The second-order valence-corrected chi connectivity index (χ2v) is 8.57. The number of amides is 2. The average Bonchev–Trinajstić information content (AvgIpc) is 3.60. The Morgan fingerprint density at radius 2 is 2.08 bits per heavy atom. The molecule has 37 heavy (non-hydrogen) atoms. The number of fused-ring (bicyclic) bond motifs is 4. The SMILES string of the molecule is O=C(/C=C\c1cc(Cl)ccc1-n1cnnn1)N[C@H]1C/C=C\CCC(=O)Nc2ccccc2-c2nnc1o2. The van der Waals surface area contributed by atoms with Gasteiger partial charge in [0.2, 0.25) is 23.6 Å². The lowest BCUT2D eigenvalue weighted by atomic mass is 10.1. The number of carbonyl (C=O) groups is 2. The minimum atomic E-state index is -0.579. The lowest BCUT2D eigenvalue weighted by Crippen LogP contribution is -2.26. The van der Waals surface area contributed by atoms with Crippen molar-refractivity contribution in [3.63, 3.8) is 0 Å². The Morgan fingerprint density at radius 1 is 1.19 bits per heavy atom. The lowest BCUT2D eigenvalue weighted by Gasteiger charge is -2.12. The van der Waals surface area contributed by atoms with Gasteiger partial charge in [-0.3, -0.25) is 9.59 Å². The molecule has 0 saturated carbocycles. The molecule has 186 valence electrons. The predicted molar refractivity (Wildman–Crippen MR) is 135 cm³/mol. The number of nitrogens with one attached hydrogen (secondary N) is 2. The van der Waals surface area contributed by atoms with Crippen molar-refractivity contribution in [1.29, 1.82) is 0 Å². The van der Waals surface area contributed by atoms with Crippen molar-refractivity contribution in [3.8, 4) is 17.1 Å². The van der Waals surface area contributed by atoms with Crippen molar-refractivity contribution in [2.45, 2.75) is 25.3 Å². The fourth-order valence-corrected chi connectivity index (χ4v) is 3.97. The van der Waals surface area contributed by atoms with Crippen LogP contribution in [0.15, 0.2) is 71.4 Å². The molecule has 0 spiro atoms. The van der Waals surface area contributed by atoms with Gasteiger partial charge in [-0.1, -0.05) is 35.9 Å². The largest absolute Gasteiger partial charge is 0.418 e. The first kappa shape index (κ1) is 24.1. The van der Waals surface area contributed by atoms with Crippen LogP contribution in [0.3, 0.4) is 0 Å². The van der Waals surface area contributed by atoms with Crippen LogP contribution in [0.1, 0.15) is 36.8 Å². The van der Waals surface area contributed by atoms with E-state index in [0.29, 0.717) is 46.8 Å². The topological polar surface area (TPSA) is 141 Å². The Hall–Kier alpha value is -4.64. The van der Waals surface area contributed by atoms with Crippen LogP contribution in [-0.2, 0) is 9.59 Å². The van der Waals surface area contributed by atoms with E-state index in [2.05, 4.69) is 36.4 Å². The average molecular weight is 517 g/mol. The van der Waals surface area contributed by atoms with Gasteiger partial charge in [0, 0.05) is 23.1 Å². The quantitative estimate of drug-likeness (QED) is 0.307. The molecule has 1 aliphatic rings. The molecule has 5 rings (SSSR count). The second-order valence-electron chi connectivity index (χ2n) is 8.14. The minimum Gasteiger partial charge on any atom is -0.418 e. The summed E-state index contributed by atoms with van der Waals surface area (Å²) in [6, 6.07) is 11.8. The van der Waals surface area contributed by atoms with Crippen LogP contribution in [0.2, 0.25) is 5.02 Å². The number of para-hydroxylation sites is 1. The zero-order chi connectivity index (χ0) is 25.6. The number of benzene rings is 2. The molecule has 3 heterocycles. The van der Waals surface area contributed by atoms with Crippen molar-refractivity contribution in [3.05, 3.63) is 83.5 Å². The molecule has 4 aromatic rings. The van der Waals surface area contributed by atoms with Gasteiger partial charge < -0.3 is 15.1 Å². The fraction of sp³-hybridized carbons (Fsp3) is 0.160. The van der Waals surface area contributed by atoms with Crippen molar-refractivity contribution < 1.29 is 14.0 Å². The number of hydrogen-bond donors (Lipinski definition) is 2. The van der Waals surface area contributed by atoms with Gasteiger partial charge in [0.15, 0.2) is 0 Å². The van der Waals surface area contributed by atoms with Crippen LogP contribution >= 0.6 is 11.6 Å². The Balaban J connectivity index is 1.39. The van der Waals surface area contributed by atoms with Crippen molar-refractivity contribution >= 4 is 35.2 Å². The Morgan fingerprint density at radius 3 is 2.95 bits per heavy atom. The maximum Gasteiger partial charge on any atom is 0.249 e. The first-order chi connectivity index (χ1) is 18.1. The molecule has 2 aromatic carbocycles. The molecule has 0 saturated heterocycles. The molecule has 0 unspecified atom stereocenters. The first-order valence-corrected chi connectivity index (χ1v) is 11.8. The summed E-state index contributed by atoms with van der Waals surface area (Å²) in [6.07, 6.45) is 9.51. The van der Waals surface area contributed by atoms with Gasteiger partial charge in [0.25, 0.3) is 0 Å². The fourth-order valence-electron chi connectivity index (χ4n) is 3.79. The number of rotatable bonds is 4. The van der Waals surface area contributed by atoms with Crippen LogP contribution in [0.25, 0.3) is 23.2 Å². The molecule has 2 aromatic heterocycles. The summed E-state index contributed by atoms with van der Waals surface area (Å²) in [5, 5.41) is 25.8. The third-order valence-corrected chi connectivity index (χ3v) is 5.80. The molecule has 12 heteroatoms. The van der Waals surface area contributed by atoms with E-state index in [1.807, 2.05) is 24.3 Å². The summed E-state index contributed by atoms with van der Waals surface area (Å²) in [5.41, 5.74) is 2.49. The van der Waals surface area contributed by atoms with E-state index in [1.54, 1.807) is 36.4 Å². The maximum absolute atomic E-state index is 12.9. The van der Waals surface area contributed by atoms with E-state index < -0.39 is 6.04 Å². The smallest absolute Gasteiger partial charge is 0.249 e. The van der Waals surface area contributed by atoms with E-state index >= 15 is 0 Å². The number of allylic oxidation sites excluding steroid dienone is 1. The summed E-state index contributed by atoms with van der Waals surface area (Å²) >= 11 is 6.16. The number of anilines is 1. The van der Waals surface area contributed by atoms with Crippen LogP contribution in [0, 0.1) is 0 Å². The van der Waals surface area contributed by atoms with E-state index in [1.165, 1.54) is 17.1 Å². The summed E-state index contributed by atoms with van der Waals surface area (Å²) in [7, 11) is 0. The number of hydrogen-bond acceptors (Lipinski definition) is 8. The number of nitrogens with zero attached hydrogens (tertiary/aromatic N) is 6. The van der Waals surface area contributed by atoms with Gasteiger partial charge in [-0.15, -0.1) is 15.3 Å². The number of halogens is 1. The van der Waals surface area contributed by atoms with Crippen molar-refractivity contribution in [2.75, 3.05) is 5.32 Å². The summed E-state index contributed by atoms with van der Waals surface area (Å²) in [6.45, 7) is 0. The standard InChI is InChI=1S/C25H21ClN8O3/c26-17-11-12-21(34-15-27-32-33-34)16(14-17)10-13-23(36)29-20-8-2-1-3-9-22(35)28-19-7-5-4-6-18(19)24-30-31-25(20)37-24/h1-2,4-7,10-15,20H,3,8-9H2,(H,28,35)(H,29,36)/b2-1-,13-10-/t20-/m0/s1. The molecule has 2 N–H and O–H groups in total. The van der Waals surface area contributed by atoms with E-state index in [0.717, 1.165) is 0 Å². The van der Waals surface area contributed by atoms with Crippen LogP contribution in [-0.4, -0.2) is 42.2 Å².